The van der Waals surface area contributed by atoms with Gasteiger partial charge >= 0.3 is 0 Å². The van der Waals surface area contributed by atoms with Crippen LogP contribution in [0, 0.1) is 17.1 Å². The molecule has 0 fully saturated rings. The summed E-state index contributed by atoms with van der Waals surface area (Å²) in [4.78, 5) is 0. The molecule has 0 aliphatic heterocycles. The topological polar surface area (TPSA) is 61.8 Å². The molecule has 0 atom stereocenters. The van der Waals surface area contributed by atoms with Gasteiger partial charge in [0.2, 0.25) is 0 Å². The summed E-state index contributed by atoms with van der Waals surface area (Å²) in [6, 6.07) is 13.2. The van der Waals surface area contributed by atoms with Gasteiger partial charge in [-0.2, -0.15) is 5.26 Å². The number of hydrogen-bond donors (Lipinski definition) is 2. The van der Waals surface area contributed by atoms with Gasteiger partial charge in [-0.05, 0) is 36.4 Å². The van der Waals surface area contributed by atoms with E-state index in [1.165, 1.54) is 6.07 Å². The molecule has 84 valence electrons. The van der Waals surface area contributed by atoms with Crippen molar-refractivity contribution in [1.82, 2.24) is 0 Å². The zero-order chi connectivity index (χ0) is 12.3. The second-order valence-corrected chi connectivity index (χ2v) is 3.52. The Morgan fingerprint density at radius 2 is 1.82 bits per heavy atom. The van der Waals surface area contributed by atoms with Crippen molar-refractivity contribution < 1.29 is 4.39 Å². The van der Waals surface area contributed by atoms with Crippen LogP contribution in [-0.2, 0) is 0 Å². The van der Waals surface area contributed by atoms with Crippen molar-refractivity contribution in [2.75, 3.05) is 11.1 Å². The van der Waals surface area contributed by atoms with Crippen LogP contribution < -0.4 is 11.1 Å². The van der Waals surface area contributed by atoms with Crippen LogP contribution in [0.4, 0.5) is 21.5 Å². The Morgan fingerprint density at radius 3 is 2.41 bits per heavy atom. The number of nitrogens with one attached hydrogen (secondary N) is 1. The van der Waals surface area contributed by atoms with E-state index in [1.54, 1.807) is 36.4 Å². The first-order valence-corrected chi connectivity index (χ1v) is 5.02. The lowest BCUT2D eigenvalue weighted by Gasteiger charge is -2.10. The fourth-order valence-electron chi connectivity index (χ4n) is 1.45. The highest BCUT2D eigenvalue weighted by atomic mass is 19.1. The fraction of sp³-hybridized carbons (Fsp3) is 0. The molecule has 0 spiro atoms. The number of anilines is 3. The SMILES string of the molecule is N#Cc1ccc(Nc2c(N)cccc2F)cc1. The average molecular weight is 227 g/mol. The van der Waals surface area contributed by atoms with E-state index in [0.717, 1.165) is 0 Å². The molecule has 4 heteroatoms. The van der Waals surface area contributed by atoms with Crippen LogP contribution in [-0.4, -0.2) is 0 Å². The van der Waals surface area contributed by atoms with Gasteiger partial charge in [-0.25, -0.2) is 4.39 Å². The zero-order valence-electron chi connectivity index (χ0n) is 8.94. The minimum absolute atomic E-state index is 0.247. The molecule has 17 heavy (non-hydrogen) atoms. The van der Waals surface area contributed by atoms with Crippen LogP contribution in [0.3, 0.4) is 0 Å². The number of nitrogens with zero attached hydrogens (tertiary/aromatic N) is 1. The van der Waals surface area contributed by atoms with E-state index >= 15 is 0 Å². The number of halogens is 1. The average Bonchev–Trinajstić information content (AvgIpc) is 2.35. The maximum Gasteiger partial charge on any atom is 0.148 e. The molecule has 0 saturated carbocycles. The Balaban J connectivity index is 2.29. The minimum Gasteiger partial charge on any atom is -0.397 e. The molecule has 0 aliphatic rings. The van der Waals surface area contributed by atoms with Crippen molar-refractivity contribution in [1.29, 1.82) is 5.26 Å². The van der Waals surface area contributed by atoms with E-state index in [-0.39, 0.29) is 5.69 Å². The largest absolute Gasteiger partial charge is 0.397 e. The normalized spacial score (nSPS) is 9.65. The van der Waals surface area contributed by atoms with E-state index in [1.807, 2.05) is 6.07 Å². The highest BCUT2D eigenvalue weighted by Crippen LogP contribution is 2.25. The van der Waals surface area contributed by atoms with Crippen LogP contribution in [0.5, 0.6) is 0 Å². The third-order valence-electron chi connectivity index (χ3n) is 2.33. The summed E-state index contributed by atoms with van der Waals surface area (Å²) in [6.45, 7) is 0. The van der Waals surface area contributed by atoms with Gasteiger partial charge < -0.3 is 11.1 Å². The van der Waals surface area contributed by atoms with E-state index in [4.69, 9.17) is 11.0 Å². The van der Waals surface area contributed by atoms with E-state index in [2.05, 4.69) is 5.32 Å². The van der Waals surface area contributed by atoms with Crippen molar-refractivity contribution in [2.45, 2.75) is 0 Å². The van der Waals surface area contributed by atoms with Crippen molar-refractivity contribution in [3.8, 4) is 6.07 Å². The van der Waals surface area contributed by atoms with Crippen molar-refractivity contribution in [3.05, 3.63) is 53.8 Å². The molecular weight excluding hydrogens is 217 g/mol. The molecule has 2 aromatic carbocycles. The van der Waals surface area contributed by atoms with Crippen molar-refractivity contribution in [2.24, 2.45) is 0 Å². The van der Waals surface area contributed by atoms with Gasteiger partial charge in [-0.15, -0.1) is 0 Å². The zero-order valence-corrected chi connectivity index (χ0v) is 8.94. The second kappa shape index (κ2) is 4.54. The number of hydrogen-bond acceptors (Lipinski definition) is 3. The molecule has 3 N–H and O–H groups in total. The Labute approximate surface area is 98.3 Å². The molecule has 0 saturated heterocycles. The molecule has 0 radical (unpaired) electrons. The van der Waals surface area contributed by atoms with Crippen LogP contribution in [0.25, 0.3) is 0 Å². The third-order valence-corrected chi connectivity index (χ3v) is 2.33. The molecule has 0 bridgehead atoms. The molecule has 0 unspecified atom stereocenters. The monoisotopic (exact) mass is 227 g/mol. The van der Waals surface area contributed by atoms with Gasteiger partial charge in [0.25, 0.3) is 0 Å². The van der Waals surface area contributed by atoms with E-state index in [9.17, 15) is 4.39 Å². The van der Waals surface area contributed by atoms with Gasteiger partial charge in [0.05, 0.1) is 23.0 Å². The highest BCUT2D eigenvalue weighted by molar-refractivity contribution is 5.73. The van der Waals surface area contributed by atoms with Gasteiger partial charge in [0.1, 0.15) is 5.82 Å². The quantitative estimate of drug-likeness (QED) is 0.775. The number of nitrogens with two attached hydrogens (primary N) is 1. The predicted octanol–water partition coefficient (Wildman–Crippen LogP) is 3.02. The standard InChI is InChI=1S/C13H10FN3/c14-11-2-1-3-12(16)13(11)17-10-6-4-9(8-15)5-7-10/h1-7,17H,16H2. The molecule has 0 amide bonds. The van der Waals surface area contributed by atoms with Crippen LogP contribution in [0.1, 0.15) is 5.56 Å². The smallest absolute Gasteiger partial charge is 0.148 e. The first-order valence-electron chi connectivity index (χ1n) is 5.02. The van der Waals surface area contributed by atoms with Crippen molar-refractivity contribution >= 4 is 17.1 Å². The molecule has 0 heterocycles. The summed E-state index contributed by atoms with van der Waals surface area (Å²) >= 11 is 0. The maximum absolute atomic E-state index is 13.5. The lowest BCUT2D eigenvalue weighted by atomic mass is 10.2. The van der Waals surface area contributed by atoms with Gasteiger partial charge in [0, 0.05) is 5.69 Å². The number of nitriles is 1. The third kappa shape index (κ3) is 2.34. The molecule has 3 nitrogen and oxygen atoms in total. The van der Waals surface area contributed by atoms with Crippen molar-refractivity contribution in [3.63, 3.8) is 0 Å². The Morgan fingerprint density at radius 1 is 1.12 bits per heavy atom. The summed E-state index contributed by atoms with van der Waals surface area (Å²) < 4.78 is 13.5. The summed E-state index contributed by atoms with van der Waals surface area (Å²) in [5.74, 6) is -0.408. The van der Waals surface area contributed by atoms with Gasteiger partial charge in [-0.1, -0.05) is 6.07 Å². The summed E-state index contributed by atoms with van der Waals surface area (Å²) in [5, 5.41) is 11.5. The number of nitrogen functional groups attached to an aromatic ring is 1. The van der Waals surface area contributed by atoms with Crippen LogP contribution in [0.2, 0.25) is 0 Å². The number of benzene rings is 2. The number of rotatable bonds is 2. The molecular formula is C13H10FN3. The second-order valence-electron chi connectivity index (χ2n) is 3.52. The highest BCUT2D eigenvalue weighted by Gasteiger charge is 2.05. The summed E-state index contributed by atoms with van der Waals surface area (Å²) in [5.41, 5.74) is 7.49. The number of para-hydroxylation sites is 1. The minimum atomic E-state index is -0.408. The first kappa shape index (κ1) is 11.0. The summed E-state index contributed by atoms with van der Waals surface area (Å²) in [7, 11) is 0. The summed E-state index contributed by atoms with van der Waals surface area (Å²) in [6.07, 6.45) is 0. The Bertz CT molecular complexity index is 550. The van der Waals surface area contributed by atoms with Crippen LogP contribution in [0.15, 0.2) is 42.5 Å². The first-order chi connectivity index (χ1) is 8.20. The van der Waals surface area contributed by atoms with Gasteiger partial charge in [0.15, 0.2) is 0 Å². The lowest BCUT2D eigenvalue weighted by molar-refractivity contribution is 0.632. The fourth-order valence-corrected chi connectivity index (χ4v) is 1.45. The Hall–Kier alpha value is -2.54. The van der Waals surface area contributed by atoms with E-state index in [0.29, 0.717) is 16.9 Å². The van der Waals surface area contributed by atoms with E-state index < -0.39 is 5.82 Å². The molecule has 2 rings (SSSR count). The molecule has 0 aliphatic carbocycles. The maximum atomic E-state index is 13.5. The Kier molecular flexibility index (Phi) is 2.93. The molecule has 2 aromatic rings. The van der Waals surface area contributed by atoms with Crippen LogP contribution >= 0.6 is 0 Å². The molecule has 0 aromatic heterocycles. The predicted molar refractivity (Wildman–Crippen MR) is 65.3 cm³/mol. The van der Waals surface area contributed by atoms with Gasteiger partial charge in [-0.3, -0.25) is 0 Å². The lowest BCUT2D eigenvalue weighted by Crippen LogP contribution is -1.98.